The highest BCUT2D eigenvalue weighted by molar-refractivity contribution is 6.51. The molecule has 218 valence electrons. The molecule has 4 N–H and O–H groups in total. The second-order valence-corrected chi connectivity index (χ2v) is 14.0. The molecule has 39 heavy (non-hydrogen) atoms. The lowest BCUT2D eigenvalue weighted by atomic mass is 9.83. The number of ketones is 1. The fourth-order valence-electron chi connectivity index (χ4n) is 6.10. The molecule has 4 aliphatic rings. The zero-order chi connectivity index (χ0) is 28.7. The van der Waals surface area contributed by atoms with Crippen molar-refractivity contribution in [3.05, 3.63) is 0 Å². The number of fused-ring (bicyclic) bond motifs is 1. The minimum absolute atomic E-state index is 0.112. The van der Waals surface area contributed by atoms with E-state index in [1.165, 1.54) is 4.90 Å². The van der Waals surface area contributed by atoms with Gasteiger partial charge in [0.2, 0.25) is 17.6 Å². The highest BCUT2D eigenvalue weighted by atomic mass is 35.5. The van der Waals surface area contributed by atoms with Crippen molar-refractivity contribution in [3.63, 3.8) is 0 Å². The van der Waals surface area contributed by atoms with Crippen LogP contribution in [0.3, 0.4) is 0 Å². The lowest BCUT2D eigenvalue weighted by molar-refractivity contribution is -0.144. The van der Waals surface area contributed by atoms with E-state index in [0.717, 1.165) is 44.9 Å². The molecular weight excluding hydrogens is 547 g/mol. The number of carbonyl (C=O) groups excluding carboxylic acids is 5. The Bertz CT molecular complexity index is 1000. The van der Waals surface area contributed by atoms with E-state index >= 15 is 0 Å². The van der Waals surface area contributed by atoms with Crippen molar-refractivity contribution in [2.75, 3.05) is 6.54 Å². The second kappa shape index (κ2) is 11.4. The molecule has 4 amide bonds. The highest BCUT2D eigenvalue weighted by Crippen LogP contribution is 2.65. The van der Waals surface area contributed by atoms with Crippen LogP contribution in [0.25, 0.3) is 0 Å². The first-order chi connectivity index (χ1) is 18.2. The number of hydrogen-bond acceptors (Lipinski definition) is 6. The maximum absolute atomic E-state index is 14.0. The van der Waals surface area contributed by atoms with Gasteiger partial charge in [0, 0.05) is 18.4 Å². The molecule has 4 rings (SSSR count). The molecule has 12 heteroatoms. The van der Waals surface area contributed by atoms with Crippen LogP contribution in [0.15, 0.2) is 0 Å². The van der Waals surface area contributed by atoms with E-state index in [0.29, 0.717) is 12.3 Å². The summed E-state index contributed by atoms with van der Waals surface area (Å²) in [6, 6.07) is -3.02. The zero-order valence-corrected chi connectivity index (χ0v) is 24.4. The van der Waals surface area contributed by atoms with Crippen LogP contribution in [0.1, 0.15) is 78.6 Å². The topological polar surface area (TPSA) is 148 Å². The Hall–Kier alpha value is -2.07. The van der Waals surface area contributed by atoms with Gasteiger partial charge < -0.3 is 26.0 Å². The summed E-state index contributed by atoms with van der Waals surface area (Å²) in [7, 11) is 0. The summed E-state index contributed by atoms with van der Waals surface area (Å²) in [6.07, 6.45) is 6.81. The van der Waals surface area contributed by atoms with Crippen LogP contribution in [-0.2, 0) is 23.9 Å². The zero-order valence-electron chi connectivity index (χ0n) is 22.8. The van der Waals surface area contributed by atoms with Gasteiger partial charge in [-0.15, -0.1) is 23.2 Å². The number of rotatable bonds is 10. The van der Waals surface area contributed by atoms with Crippen LogP contribution in [-0.4, -0.2) is 69.1 Å². The number of hydrogen-bond donors (Lipinski definition) is 3. The minimum Gasteiger partial charge on any atom is -0.444 e. The number of halogens is 2. The molecule has 0 bridgehead atoms. The number of nitrogens with two attached hydrogens (primary N) is 1. The van der Waals surface area contributed by atoms with Crippen molar-refractivity contribution < 1.29 is 28.7 Å². The average Bonchev–Trinajstić information content (AvgIpc) is 3.71. The first-order valence-electron chi connectivity index (χ1n) is 14.0. The van der Waals surface area contributed by atoms with Crippen LogP contribution in [0.5, 0.6) is 0 Å². The van der Waals surface area contributed by atoms with Crippen LogP contribution in [0.4, 0.5) is 4.79 Å². The standard InChI is InChI=1S/C27H40Cl2N4O6/c1-26(2,3)39-25(38)32-19(15-7-5-4-6-8-15)24(37)33-13-16-18(27(16,28)29)20(33)23(36)31-17(21(34)22(30)35)12-11-14-9-10-14/h14-20H,4-13H2,1-3H3,(H2,30,35)(H,31,36)(H,32,38)/t16?,17?,18?,19-,20-/m0/s1. The molecule has 0 spiro atoms. The second-order valence-electron chi connectivity index (χ2n) is 12.6. The first kappa shape index (κ1) is 29.9. The Balaban J connectivity index is 1.54. The van der Waals surface area contributed by atoms with Gasteiger partial charge in [0.15, 0.2) is 0 Å². The van der Waals surface area contributed by atoms with E-state index in [4.69, 9.17) is 33.7 Å². The van der Waals surface area contributed by atoms with Crippen molar-refractivity contribution in [1.82, 2.24) is 15.5 Å². The number of primary amides is 1. The number of Topliss-reactive ketones (excluding diaryl/α,β-unsaturated/α-hetero) is 1. The lowest BCUT2D eigenvalue weighted by Crippen LogP contribution is -2.60. The Labute approximate surface area is 239 Å². The number of nitrogens with one attached hydrogen (secondary N) is 2. The summed E-state index contributed by atoms with van der Waals surface area (Å²) in [4.78, 5) is 66.1. The molecule has 4 fully saturated rings. The quantitative estimate of drug-likeness (QED) is 0.265. The fourth-order valence-corrected chi connectivity index (χ4v) is 6.93. The highest BCUT2D eigenvalue weighted by Gasteiger charge is 2.74. The van der Waals surface area contributed by atoms with E-state index < -0.39 is 63.6 Å². The third-order valence-corrected chi connectivity index (χ3v) is 9.44. The van der Waals surface area contributed by atoms with E-state index in [1.807, 2.05) is 0 Å². The average molecular weight is 588 g/mol. The summed E-state index contributed by atoms with van der Waals surface area (Å²) >= 11 is 13.0. The van der Waals surface area contributed by atoms with Crippen molar-refractivity contribution >= 4 is 52.8 Å². The molecule has 3 aliphatic carbocycles. The van der Waals surface area contributed by atoms with Crippen molar-refractivity contribution in [2.24, 2.45) is 29.4 Å². The summed E-state index contributed by atoms with van der Waals surface area (Å²) in [5.41, 5.74) is 4.51. The predicted octanol–water partition coefficient (Wildman–Crippen LogP) is 2.82. The van der Waals surface area contributed by atoms with Gasteiger partial charge in [-0.1, -0.05) is 32.1 Å². The van der Waals surface area contributed by atoms with Crippen molar-refractivity contribution in [3.8, 4) is 0 Å². The molecule has 0 aromatic rings. The molecular formula is C27H40Cl2N4O6. The van der Waals surface area contributed by atoms with Gasteiger partial charge in [0.25, 0.3) is 5.91 Å². The molecule has 1 saturated heterocycles. The number of likely N-dealkylation sites (tertiary alicyclic amines) is 1. The number of nitrogens with zero attached hydrogens (tertiary/aromatic N) is 1. The molecule has 10 nitrogen and oxygen atoms in total. The number of piperidine rings is 1. The molecule has 5 atom stereocenters. The lowest BCUT2D eigenvalue weighted by Gasteiger charge is -2.36. The SMILES string of the molecule is CC(C)(C)OC(=O)N[C@H](C(=O)N1CC2C([C@H]1C(=O)NC(CCC1CC1)C(=O)C(N)=O)C2(Cl)Cl)C1CCCCC1. The molecule has 3 saturated carbocycles. The number of carbonyl (C=O) groups is 5. The van der Waals surface area contributed by atoms with Crippen LogP contribution in [0, 0.1) is 23.7 Å². The number of alkyl halides is 2. The van der Waals surface area contributed by atoms with Crippen LogP contribution < -0.4 is 16.4 Å². The summed E-state index contributed by atoms with van der Waals surface area (Å²) in [5, 5.41) is 5.46. The number of amides is 4. The van der Waals surface area contributed by atoms with Gasteiger partial charge in [-0.2, -0.15) is 0 Å². The number of ether oxygens (including phenoxy) is 1. The van der Waals surface area contributed by atoms with Gasteiger partial charge in [-0.05, 0) is 58.3 Å². The largest absolute Gasteiger partial charge is 0.444 e. The van der Waals surface area contributed by atoms with Gasteiger partial charge in [-0.25, -0.2) is 4.79 Å². The first-order valence-corrected chi connectivity index (χ1v) is 14.8. The van der Waals surface area contributed by atoms with Crippen LogP contribution >= 0.6 is 23.2 Å². The molecule has 1 aliphatic heterocycles. The minimum atomic E-state index is -1.19. The summed E-state index contributed by atoms with van der Waals surface area (Å²) in [6.45, 7) is 5.37. The van der Waals surface area contributed by atoms with Crippen molar-refractivity contribution in [1.29, 1.82) is 0 Å². The Kier molecular flexibility index (Phi) is 8.76. The van der Waals surface area contributed by atoms with Gasteiger partial charge in [-0.3, -0.25) is 19.2 Å². The van der Waals surface area contributed by atoms with E-state index in [1.54, 1.807) is 20.8 Å². The molecule has 0 aromatic heterocycles. The monoisotopic (exact) mass is 586 g/mol. The molecule has 1 heterocycles. The third kappa shape index (κ3) is 6.99. The van der Waals surface area contributed by atoms with Gasteiger partial charge >= 0.3 is 6.09 Å². The van der Waals surface area contributed by atoms with Crippen LogP contribution in [0.2, 0.25) is 0 Å². The fraction of sp³-hybridized carbons (Fsp3) is 0.815. The van der Waals surface area contributed by atoms with Crippen molar-refractivity contribution in [2.45, 2.75) is 107 Å². The molecule has 3 unspecified atom stereocenters. The van der Waals surface area contributed by atoms with Gasteiger partial charge in [0.05, 0.1) is 6.04 Å². The predicted molar refractivity (Wildman–Crippen MR) is 145 cm³/mol. The van der Waals surface area contributed by atoms with E-state index in [2.05, 4.69) is 10.6 Å². The number of alkyl carbamates (subject to hydrolysis) is 1. The van der Waals surface area contributed by atoms with Gasteiger partial charge in [0.1, 0.15) is 22.0 Å². The molecule has 0 aromatic carbocycles. The summed E-state index contributed by atoms with van der Waals surface area (Å²) < 4.78 is 4.25. The van der Waals surface area contributed by atoms with E-state index in [9.17, 15) is 24.0 Å². The normalized spacial score (nSPS) is 27.6. The molecule has 0 radical (unpaired) electrons. The Morgan fingerprint density at radius 3 is 2.23 bits per heavy atom. The third-order valence-electron chi connectivity index (χ3n) is 8.38. The summed E-state index contributed by atoms with van der Waals surface area (Å²) in [5.74, 6) is -3.51. The maximum atomic E-state index is 14.0. The Morgan fingerprint density at radius 2 is 1.67 bits per heavy atom. The van der Waals surface area contributed by atoms with E-state index in [-0.39, 0.29) is 24.8 Å². The maximum Gasteiger partial charge on any atom is 0.408 e. The Morgan fingerprint density at radius 1 is 1.03 bits per heavy atom. The smallest absolute Gasteiger partial charge is 0.408 e.